The van der Waals surface area contributed by atoms with Gasteiger partial charge in [0.1, 0.15) is 0 Å². The Labute approximate surface area is 162 Å². The lowest BCUT2D eigenvalue weighted by Gasteiger charge is -2.04. The van der Waals surface area contributed by atoms with E-state index in [9.17, 15) is 4.79 Å². The van der Waals surface area contributed by atoms with Crippen molar-refractivity contribution in [1.29, 1.82) is 0 Å². The number of rotatable bonds is 18. The summed E-state index contributed by atoms with van der Waals surface area (Å²) in [5.41, 5.74) is 0. The molecular weight excluding hydrogens is 322 g/mol. The molecule has 0 bridgehead atoms. The van der Waals surface area contributed by atoms with Gasteiger partial charge in [0.05, 0.1) is 12.2 Å². The van der Waals surface area contributed by atoms with Gasteiger partial charge in [-0.1, -0.05) is 77.4 Å². The first-order valence-electron chi connectivity index (χ1n) is 11.3. The number of carbonyl (C=O) groups excluding carboxylic acids is 1. The van der Waals surface area contributed by atoms with E-state index < -0.39 is 0 Å². The molecule has 2 atom stereocenters. The Hall–Kier alpha value is -0.830. The van der Waals surface area contributed by atoms with Gasteiger partial charge in [0.15, 0.2) is 0 Å². The van der Waals surface area contributed by atoms with Gasteiger partial charge in [0.25, 0.3) is 0 Å². The average Bonchev–Trinajstić information content (AvgIpc) is 3.39. The number of allylic oxidation sites excluding steroid dienone is 1. The van der Waals surface area contributed by atoms with Gasteiger partial charge in [0.2, 0.25) is 5.91 Å². The lowest BCUT2D eigenvalue weighted by atomic mass is 10.1. The average molecular weight is 366 g/mol. The lowest BCUT2D eigenvalue weighted by Crippen LogP contribution is -2.23. The fourth-order valence-electron chi connectivity index (χ4n) is 3.35. The van der Waals surface area contributed by atoms with Crippen LogP contribution in [0.15, 0.2) is 12.2 Å². The van der Waals surface area contributed by atoms with Crippen molar-refractivity contribution in [1.82, 2.24) is 5.32 Å². The van der Waals surface area contributed by atoms with E-state index in [4.69, 9.17) is 4.74 Å². The molecule has 0 aromatic heterocycles. The van der Waals surface area contributed by atoms with Crippen molar-refractivity contribution >= 4 is 5.91 Å². The molecule has 0 aromatic carbocycles. The highest BCUT2D eigenvalue weighted by atomic mass is 16.6. The molecule has 3 heteroatoms. The van der Waals surface area contributed by atoms with Gasteiger partial charge < -0.3 is 10.1 Å². The molecule has 152 valence electrons. The van der Waals surface area contributed by atoms with Crippen molar-refractivity contribution in [3.63, 3.8) is 0 Å². The van der Waals surface area contributed by atoms with Crippen LogP contribution in [0.3, 0.4) is 0 Å². The lowest BCUT2D eigenvalue weighted by molar-refractivity contribution is -0.121. The minimum Gasteiger partial charge on any atom is -0.369 e. The first kappa shape index (κ1) is 23.2. The van der Waals surface area contributed by atoms with Crippen molar-refractivity contribution in [3.8, 4) is 0 Å². The van der Waals surface area contributed by atoms with Crippen LogP contribution in [-0.2, 0) is 9.53 Å². The molecule has 1 rings (SSSR count). The summed E-state index contributed by atoms with van der Waals surface area (Å²) in [5.74, 6) is 0.235. The van der Waals surface area contributed by atoms with Crippen LogP contribution < -0.4 is 5.32 Å². The van der Waals surface area contributed by atoms with Crippen LogP contribution in [0.25, 0.3) is 0 Å². The molecule has 26 heavy (non-hydrogen) atoms. The standard InChI is InChI=1S/C23H43NO2/c1-3-5-13-17-21-22(26-21)18-14-11-9-7-8-10-12-15-19-23(25)24-20-16-6-4-2/h11,14,21-22H,3-10,12-13,15-20H2,1-2H3,(H,24,25)/b14-11-/t21-,22+/m1/s1. The minimum atomic E-state index is 0.235. The van der Waals surface area contributed by atoms with E-state index in [1.807, 2.05) is 0 Å². The predicted octanol–water partition coefficient (Wildman–Crippen LogP) is 6.32. The summed E-state index contributed by atoms with van der Waals surface area (Å²) in [6, 6.07) is 0. The number of carbonyl (C=O) groups is 1. The summed E-state index contributed by atoms with van der Waals surface area (Å²) in [7, 11) is 0. The van der Waals surface area contributed by atoms with E-state index in [1.54, 1.807) is 0 Å². The monoisotopic (exact) mass is 365 g/mol. The van der Waals surface area contributed by atoms with Gasteiger partial charge in [-0.05, 0) is 38.5 Å². The summed E-state index contributed by atoms with van der Waals surface area (Å²) < 4.78 is 5.71. The Morgan fingerprint density at radius 1 is 0.846 bits per heavy atom. The fourth-order valence-corrected chi connectivity index (χ4v) is 3.35. The van der Waals surface area contributed by atoms with E-state index in [-0.39, 0.29) is 5.91 Å². The first-order chi connectivity index (χ1) is 12.8. The molecule has 1 fully saturated rings. The largest absolute Gasteiger partial charge is 0.369 e. The Morgan fingerprint density at radius 2 is 1.58 bits per heavy atom. The Balaban J connectivity index is 1.79. The molecule has 3 nitrogen and oxygen atoms in total. The van der Waals surface area contributed by atoms with Gasteiger partial charge in [-0.3, -0.25) is 4.79 Å². The van der Waals surface area contributed by atoms with Crippen LogP contribution in [0.2, 0.25) is 0 Å². The van der Waals surface area contributed by atoms with E-state index in [1.165, 1.54) is 70.6 Å². The number of amides is 1. The molecule has 0 aromatic rings. The molecule has 0 aliphatic carbocycles. The Kier molecular flexibility index (Phi) is 14.6. The minimum absolute atomic E-state index is 0.235. The SMILES string of the molecule is CCCCCNC(=O)CCCCCCC/C=C\C[C@@H]1O[C@@H]1CCCCC. The summed E-state index contributed by atoms with van der Waals surface area (Å²) in [6.07, 6.45) is 23.4. The highest BCUT2D eigenvalue weighted by Crippen LogP contribution is 2.30. The fraction of sp³-hybridized carbons (Fsp3) is 0.870. The smallest absolute Gasteiger partial charge is 0.219 e. The molecule has 1 aliphatic heterocycles. The first-order valence-corrected chi connectivity index (χ1v) is 11.3. The van der Waals surface area contributed by atoms with E-state index in [2.05, 4.69) is 31.3 Å². The maximum atomic E-state index is 11.6. The maximum Gasteiger partial charge on any atom is 0.219 e. The van der Waals surface area contributed by atoms with Crippen LogP contribution in [-0.4, -0.2) is 24.7 Å². The van der Waals surface area contributed by atoms with Crippen LogP contribution >= 0.6 is 0 Å². The molecule has 1 saturated heterocycles. The van der Waals surface area contributed by atoms with Gasteiger partial charge in [-0.15, -0.1) is 0 Å². The summed E-state index contributed by atoms with van der Waals surface area (Å²) in [4.78, 5) is 11.6. The molecule has 1 aliphatic rings. The van der Waals surface area contributed by atoms with E-state index in [0.717, 1.165) is 25.8 Å². The Bertz CT molecular complexity index is 367. The van der Waals surface area contributed by atoms with Gasteiger partial charge >= 0.3 is 0 Å². The second-order valence-electron chi connectivity index (χ2n) is 7.78. The normalized spacial score (nSPS) is 19.2. The van der Waals surface area contributed by atoms with Gasteiger partial charge in [-0.25, -0.2) is 0 Å². The molecule has 0 radical (unpaired) electrons. The molecule has 1 N–H and O–H groups in total. The van der Waals surface area contributed by atoms with Crippen LogP contribution in [0.1, 0.15) is 110 Å². The molecule has 1 amide bonds. The zero-order valence-electron chi connectivity index (χ0n) is 17.4. The van der Waals surface area contributed by atoms with Crippen molar-refractivity contribution < 1.29 is 9.53 Å². The van der Waals surface area contributed by atoms with Crippen molar-refractivity contribution in [2.24, 2.45) is 0 Å². The maximum absolute atomic E-state index is 11.6. The third-order valence-corrected chi connectivity index (χ3v) is 5.19. The molecule has 1 heterocycles. The quantitative estimate of drug-likeness (QED) is 0.175. The van der Waals surface area contributed by atoms with Crippen molar-refractivity contribution in [2.75, 3.05) is 6.54 Å². The highest BCUT2D eigenvalue weighted by molar-refractivity contribution is 5.75. The number of hydrogen-bond acceptors (Lipinski definition) is 2. The molecule has 0 saturated carbocycles. The second kappa shape index (κ2) is 16.4. The number of nitrogens with one attached hydrogen (secondary N) is 1. The number of hydrogen-bond donors (Lipinski definition) is 1. The number of epoxide rings is 1. The summed E-state index contributed by atoms with van der Waals surface area (Å²) in [5, 5.41) is 3.02. The van der Waals surface area contributed by atoms with Crippen LogP contribution in [0.5, 0.6) is 0 Å². The van der Waals surface area contributed by atoms with Crippen molar-refractivity contribution in [2.45, 2.75) is 122 Å². The number of ether oxygens (including phenoxy) is 1. The topological polar surface area (TPSA) is 41.6 Å². The summed E-state index contributed by atoms with van der Waals surface area (Å²) in [6.45, 7) is 5.29. The second-order valence-corrected chi connectivity index (χ2v) is 7.78. The van der Waals surface area contributed by atoms with Crippen LogP contribution in [0.4, 0.5) is 0 Å². The zero-order valence-corrected chi connectivity index (χ0v) is 17.4. The molecule has 0 unspecified atom stereocenters. The molecule has 0 spiro atoms. The summed E-state index contributed by atoms with van der Waals surface area (Å²) >= 11 is 0. The highest BCUT2D eigenvalue weighted by Gasteiger charge is 2.36. The van der Waals surface area contributed by atoms with Gasteiger partial charge in [0, 0.05) is 13.0 Å². The third-order valence-electron chi connectivity index (χ3n) is 5.19. The third kappa shape index (κ3) is 13.4. The number of unbranched alkanes of at least 4 members (excludes halogenated alkanes) is 9. The van der Waals surface area contributed by atoms with Crippen molar-refractivity contribution in [3.05, 3.63) is 12.2 Å². The van der Waals surface area contributed by atoms with Gasteiger partial charge in [-0.2, -0.15) is 0 Å². The zero-order chi connectivity index (χ0) is 18.9. The predicted molar refractivity (Wildman–Crippen MR) is 111 cm³/mol. The molecular formula is C23H43NO2. The van der Waals surface area contributed by atoms with E-state index in [0.29, 0.717) is 18.6 Å². The van der Waals surface area contributed by atoms with E-state index >= 15 is 0 Å². The Morgan fingerprint density at radius 3 is 2.38 bits per heavy atom. The van der Waals surface area contributed by atoms with Crippen LogP contribution in [0, 0.1) is 0 Å².